The van der Waals surface area contributed by atoms with Crippen LogP contribution in [0.25, 0.3) is 0 Å². The highest BCUT2D eigenvalue weighted by Gasteiger charge is 2.01. The van der Waals surface area contributed by atoms with Gasteiger partial charge >= 0.3 is 0 Å². The van der Waals surface area contributed by atoms with Gasteiger partial charge in [0.25, 0.3) is 6.85 Å². The Labute approximate surface area is 76.1 Å². The van der Waals surface area contributed by atoms with Crippen LogP contribution in [0.3, 0.4) is 0 Å². The van der Waals surface area contributed by atoms with Gasteiger partial charge in [0.1, 0.15) is 5.76 Å². The van der Waals surface area contributed by atoms with E-state index in [1.807, 2.05) is 6.08 Å². The van der Waals surface area contributed by atoms with Crippen molar-refractivity contribution in [2.45, 2.75) is 0 Å². The van der Waals surface area contributed by atoms with Crippen LogP contribution in [-0.2, 0) is 4.52 Å². The molecule has 4 heteroatoms. The molecular formula is C7H5Cl2OP. The summed E-state index contributed by atoms with van der Waals surface area (Å²) in [6.07, 6.45) is 8.85. The molecule has 0 unspecified atom stereocenters. The second-order valence-corrected chi connectivity index (χ2v) is 4.67. The number of hydrogen-bond acceptors (Lipinski definition) is 1. The minimum Gasteiger partial charge on any atom is -0.445 e. The lowest BCUT2D eigenvalue weighted by Crippen LogP contribution is -1.75. The second kappa shape index (κ2) is 4.64. The van der Waals surface area contributed by atoms with Crippen molar-refractivity contribution in [3.8, 4) is 0 Å². The molecule has 0 aromatic heterocycles. The minimum atomic E-state index is -1.37. The molecule has 0 aromatic carbocycles. The molecule has 0 N–H and O–H groups in total. The van der Waals surface area contributed by atoms with E-state index in [9.17, 15) is 0 Å². The van der Waals surface area contributed by atoms with Crippen molar-refractivity contribution < 1.29 is 4.52 Å². The molecule has 0 spiro atoms. The molecule has 0 amide bonds. The van der Waals surface area contributed by atoms with E-state index in [0.717, 1.165) is 0 Å². The Bertz CT molecular complexity index is 249. The largest absolute Gasteiger partial charge is 0.445 e. The third-order valence-corrected chi connectivity index (χ3v) is 1.73. The van der Waals surface area contributed by atoms with Crippen LogP contribution >= 0.6 is 29.3 Å². The van der Waals surface area contributed by atoms with Crippen LogP contribution in [-0.4, -0.2) is 0 Å². The van der Waals surface area contributed by atoms with E-state index in [1.54, 1.807) is 24.3 Å². The third-order valence-electron chi connectivity index (χ3n) is 0.971. The highest BCUT2D eigenvalue weighted by atomic mass is 35.9. The summed E-state index contributed by atoms with van der Waals surface area (Å²) in [4.78, 5) is 0. The Morgan fingerprint density at radius 1 is 1.36 bits per heavy atom. The van der Waals surface area contributed by atoms with Crippen molar-refractivity contribution in [1.29, 1.82) is 0 Å². The molecule has 1 nitrogen and oxygen atoms in total. The normalized spacial score (nSPS) is 15.0. The molecule has 0 bridgehead atoms. The molecule has 0 atom stereocenters. The van der Waals surface area contributed by atoms with Gasteiger partial charge < -0.3 is 4.52 Å². The summed E-state index contributed by atoms with van der Waals surface area (Å²) in [6.45, 7) is -1.37. The van der Waals surface area contributed by atoms with Gasteiger partial charge in [0.15, 0.2) is 0 Å². The molecule has 1 aliphatic rings. The van der Waals surface area contributed by atoms with Crippen LogP contribution in [0.1, 0.15) is 0 Å². The van der Waals surface area contributed by atoms with Crippen molar-refractivity contribution in [2.75, 3.05) is 0 Å². The van der Waals surface area contributed by atoms with Gasteiger partial charge in [0.05, 0.1) is 0 Å². The van der Waals surface area contributed by atoms with Gasteiger partial charge in [-0.1, -0.05) is 6.08 Å². The molecule has 0 fully saturated rings. The van der Waals surface area contributed by atoms with Crippen molar-refractivity contribution in [1.82, 2.24) is 0 Å². The minimum absolute atomic E-state index is 0.655. The molecular weight excluding hydrogens is 202 g/mol. The molecule has 0 aromatic rings. The molecule has 0 saturated heterocycles. The van der Waals surface area contributed by atoms with Crippen LogP contribution in [0.5, 0.6) is 0 Å². The van der Waals surface area contributed by atoms with Gasteiger partial charge in [-0.25, -0.2) is 0 Å². The third kappa shape index (κ3) is 3.65. The summed E-state index contributed by atoms with van der Waals surface area (Å²) in [7, 11) is 0. The number of allylic oxidation sites excluding steroid dienone is 4. The lowest BCUT2D eigenvalue weighted by Gasteiger charge is -2.03. The maximum atomic E-state index is 5.45. The zero-order chi connectivity index (χ0) is 8.10. The Balaban J connectivity index is 2.60. The van der Waals surface area contributed by atoms with Crippen LogP contribution < -0.4 is 0 Å². The first-order valence-electron chi connectivity index (χ1n) is 2.88. The van der Waals surface area contributed by atoms with E-state index in [4.69, 9.17) is 27.0 Å². The Kier molecular flexibility index (Phi) is 3.76. The van der Waals surface area contributed by atoms with E-state index in [2.05, 4.69) is 5.73 Å². The first kappa shape index (κ1) is 8.90. The van der Waals surface area contributed by atoms with Gasteiger partial charge in [-0.3, -0.25) is 0 Å². The van der Waals surface area contributed by atoms with Crippen LogP contribution in [0.4, 0.5) is 0 Å². The van der Waals surface area contributed by atoms with Gasteiger partial charge in [-0.05, 0) is 46.8 Å². The smallest absolute Gasteiger partial charge is 0.284 e. The lowest BCUT2D eigenvalue weighted by atomic mass is 10.4. The quantitative estimate of drug-likeness (QED) is 0.493. The Hall–Kier alpha value is -0.190. The summed E-state index contributed by atoms with van der Waals surface area (Å²) < 4.78 is 5.05. The summed E-state index contributed by atoms with van der Waals surface area (Å²) in [6, 6.07) is 0. The summed E-state index contributed by atoms with van der Waals surface area (Å²) >= 11 is 10.9. The fraction of sp³-hybridized carbons (Fsp3) is 0. The topological polar surface area (TPSA) is 9.23 Å². The van der Waals surface area contributed by atoms with E-state index in [0.29, 0.717) is 5.76 Å². The monoisotopic (exact) mass is 206 g/mol. The average molecular weight is 207 g/mol. The molecule has 1 aliphatic carbocycles. The standard InChI is InChI=1S/C7H5Cl2OP/c8-11(9)10-7-5-3-1-2-4-6-7/h1,3-6H. The average Bonchev–Trinajstić information content (AvgIpc) is 2.14. The highest BCUT2D eigenvalue weighted by Crippen LogP contribution is 2.49. The van der Waals surface area contributed by atoms with E-state index in [1.165, 1.54) is 0 Å². The summed E-state index contributed by atoms with van der Waals surface area (Å²) in [5, 5.41) is 0. The fourth-order valence-corrected chi connectivity index (χ4v) is 1.34. The highest BCUT2D eigenvalue weighted by molar-refractivity contribution is 8.00. The van der Waals surface area contributed by atoms with Crippen LogP contribution in [0, 0.1) is 0 Å². The fourth-order valence-electron chi connectivity index (χ4n) is 0.580. The van der Waals surface area contributed by atoms with Crippen molar-refractivity contribution in [3.05, 3.63) is 41.9 Å². The predicted molar refractivity (Wildman–Crippen MR) is 49.6 cm³/mol. The van der Waals surface area contributed by atoms with Gasteiger partial charge in [-0.15, -0.1) is 5.73 Å². The van der Waals surface area contributed by atoms with Crippen LogP contribution in [0.2, 0.25) is 0 Å². The number of hydrogen-bond donors (Lipinski definition) is 0. The molecule has 11 heavy (non-hydrogen) atoms. The SMILES string of the molecule is ClP(Cl)OC1=CC=C=CC=C1. The molecule has 1 rings (SSSR count). The maximum absolute atomic E-state index is 5.45. The number of halogens is 2. The summed E-state index contributed by atoms with van der Waals surface area (Å²) in [5.41, 5.74) is 2.88. The van der Waals surface area contributed by atoms with E-state index < -0.39 is 6.85 Å². The molecule has 0 heterocycles. The lowest BCUT2D eigenvalue weighted by molar-refractivity contribution is 0.513. The van der Waals surface area contributed by atoms with Crippen molar-refractivity contribution in [3.63, 3.8) is 0 Å². The molecule has 0 saturated carbocycles. The van der Waals surface area contributed by atoms with Crippen molar-refractivity contribution >= 4 is 29.3 Å². The zero-order valence-corrected chi connectivity index (χ0v) is 7.90. The Morgan fingerprint density at radius 3 is 2.91 bits per heavy atom. The second-order valence-electron chi connectivity index (χ2n) is 1.72. The van der Waals surface area contributed by atoms with Gasteiger partial charge in [0, 0.05) is 0 Å². The first-order chi connectivity index (χ1) is 5.29. The molecule has 0 radical (unpaired) electrons. The van der Waals surface area contributed by atoms with Crippen LogP contribution in [0.15, 0.2) is 41.9 Å². The van der Waals surface area contributed by atoms with Gasteiger partial charge in [0.2, 0.25) is 0 Å². The van der Waals surface area contributed by atoms with E-state index in [-0.39, 0.29) is 0 Å². The molecule has 0 aliphatic heterocycles. The molecule has 58 valence electrons. The Morgan fingerprint density at radius 2 is 2.18 bits per heavy atom. The first-order valence-corrected chi connectivity index (χ1v) is 5.95. The summed E-state index contributed by atoms with van der Waals surface area (Å²) in [5.74, 6) is 0.655. The maximum Gasteiger partial charge on any atom is 0.284 e. The van der Waals surface area contributed by atoms with Crippen molar-refractivity contribution in [2.24, 2.45) is 0 Å². The predicted octanol–water partition coefficient (Wildman–Crippen LogP) is 3.87. The zero-order valence-electron chi connectivity index (χ0n) is 5.50. The van der Waals surface area contributed by atoms with Gasteiger partial charge in [-0.2, -0.15) is 0 Å². The number of rotatable bonds is 2. The van der Waals surface area contributed by atoms with E-state index >= 15 is 0 Å².